The minimum Gasteiger partial charge on any atom is -0.506 e. The molecule has 53 heavy (non-hydrogen) atoms. The van der Waals surface area contributed by atoms with E-state index in [4.69, 9.17) is 4.74 Å². The second kappa shape index (κ2) is 16.5. The Morgan fingerprint density at radius 1 is 0.868 bits per heavy atom. The normalized spacial score (nSPS) is 17.2. The van der Waals surface area contributed by atoms with Gasteiger partial charge in [0.15, 0.2) is 0 Å². The highest BCUT2D eigenvalue weighted by Gasteiger charge is 2.32. The SMILES string of the molecule is O=C(Nc1ccccc1-c1ccccc1)OC1CCN(CC2CCCN2C(=O)c2ccc(CNCC(O)c3ccc(O)c4[nH]c(=O)ccc34)cc2)CC1. The molecule has 0 saturated carbocycles. The minimum atomic E-state index is -0.858. The van der Waals surface area contributed by atoms with E-state index < -0.39 is 12.2 Å². The van der Waals surface area contributed by atoms with Crippen molar-refractivity contribution in [3.05, 3.63) is 130 Å². The van der Waals surface area contributed by atoms with E-state index in [0.29, 0.717) is 28.6 Å². The molecule has 0 bridgehead atoms. The standard InChI is InChI=1S/C42H45N5O6/c48-37-18-16-34(35-17-19-39(50)45-40(35)37)38(49)26-43-25-28-12-14-30(15-13-28)41(51)47-22-6-9-31(47)27-46-23-20-32(21-24-46)53-42(52)44-36-11-5-4-10-33(36)29-7-2-1-3-8-29/h1-5,7-8,10-19,31-32,38,43,48-49H,6,9,20-27H2,(H,44,52)(H,45,50). The summed E-state index contributed by atoms with van der Waals surface area (Å²) in [7, 11) is 0. The summed E-state index contributed by atoms with van der Waals surface area (Å²) in [6.45, 7) is 3.88. The number of rotatable bonds is 11. The molecule has 2 aliphatic heterocycles. The van der Waals surface area contributed by atoms with Crippen LogP contribution in [0.5, 0.6) is 5.75 Å². The molecular weight excluding hydrogens is 670 g/mol. The molecule has 2 atom stereocenters. The number of fused-ring (bicyclic) bond motifs is 1. The van der Waals surface area contributed by atoms with Crippen LogP contribution < -0.4 is 16.2 Å². The average Bonchev–Trinajstić information content (AvgIpc) is 3.64. The number of nitrogens with one attached hydrogen (secondary N) is 3. The lowest BCUT2D eigenvalue weighted by Crippen LogP contribution is -2.46. The Hall–Kier alpha value is -5.49. The lowest BCUT2D eigenvalue weighted by atomic mass is 10.0. The van der Waals surface area contributed by atoms with Gasteiger partial charge < -0.3 is 35.1 Å². The van der Waals surface area contributed by atoms with Gasteiger partial charge in [0.05, 0.1) is 17.3 Å². The van der Waals surface area contributed by atoms with Crippen molar-refractivity contribution in [1.29, 1.82) is 0 Å². The number of para-hydroxylation sites is 1. The number of aromatic hydroxyl groups is 1. The summed E-state index contributed by atoms with van der Waals surface area (Å²) >= 11 is 0. The van der Waals surface area contributed by atoms with Gasteiger partial charge >= 0.3 is 6.09 Å². The fourth-order valence-corrected chi connectivity index (χ4v) is 7.50. The number of hydrogen-bond acceptors (Lipinski definition) is 8. The van der Waals surface area contributed by atoms with Gasteiger partial charge in [-0.05, 0) is 72.7 Å². The van der Waals surface area contributed by atoms with Gasteiger partial charge in [0.25, 0.3) is 5.91 Å². The van der Waals surface area contributed by atoms with Gasteiger partial charge in [-0.2, -0.15) is 0 Å². The number of amides is 2. The van der Waals surface area contributed by atoms with Crippen LogP contribution in [0.2, 0.25) is 0 Å². The lowest BCUT2D eigenvalue weighted by Gasteiger charge is -2.35. The highest BCUT2D eigenvalue weighted by Crippen LogP contribution is 2.30. The van der Waals surface area contributed by atoms with Crippen molar-refractivity contribution in [2.24, 2.45) is 0 Å². The first-order chi connectivity index (χ1) is 25.8. The quantitative estimate of drug-likeness (QED) is 0.111. The fourth-order valence-electron chi connectivity index (χ4n) is 7.50. The summed E-state index contributed by atoms with van der Waals surface area (Å²) < 4.78 is 5.83. The number of benzene rings is 4. The van der Waals surface area contributed by atoms with Crippen LogP contribution in [0.3, 0.4) is 0 Å². The monoisotopic (exact) mass is 715 g/mol. The van der Waals surface area contributed by atoms with Gasteiger partial charge in [0.2, 0.25) is 5.56 Å². The Morgan fingerprint density at radius 3 is 2.42 bits per heavy atom. The molecule has 7 rings (SSSR count). The van der Waals surface area contributed by atoms with Gasteiger partial charge in [-0.3, -0.25) is 14.9 Å². The number of carbonyl (C=O) groups is 2. The van der Waals surface area contributed by atoms with Gasteiger partial charge in [0.1, 0.15) is 11.9 Å². The molecule has 2 aliphatic rings. The second-order valence-electron chi connectivity index (χ2n) is 13.9. The number of ether oxygens (including phenoxy) is 1. The Morgan fingerprint density at radius 2 is 1.62 bits per heavy atom. The average molecular weight is 716 g/mol. The number of piperidine rings is 1. The Kier molecular flexibility index (Phi) is 11.1. The number of carbonyl (C=O) groups excluding carboxylic acids is 2. The molecule has 2 amide bonds. The first kappa shape index (κ1) is 35.9. The largest absolute Gasteiger partial charge is 0.506 e. The van der Waals surface area contributed by atoms with E-state index in [1.165, 1.54) is 12.1 Å². The van der Waals surface area contributed by atoms with Crippen molar-refractivity contribution in [3.63, 3.8) is 0 Å². The Labute approximate surface area is 308 Å². The van der Waals surface area contributed by atoms with Crippen molar-refractivity contribution in [3.8, 4) is 16.9 Å². The topological polar surface area (TPSA) is 147 Å². The number of aromatic nitrogens is 1. The second-order valence-corrected chi connectivity index (χ2v) is 13.9. The molecule has 274 valence electrons. The number of H-pyrrole nitrogens is 1. The van der Waals surface area contributed by atoms with Gasteiger partial charge in [-0.25, -0.2) is 4.79 Å². The van der Waals surface area contributed by atoms with Crippen LogP contribution in [0.1, 0.15) is 53.3 Å². The minimum absolute atomic E-state index is 0.0327. The third-order valence-corrected chi connectivity index (χ3v) is 10.3. The molecule has 2 fully saturated rings. The highest BCUT2D eigenvalue weighted by atomic mass is 16.6. The number of phenolic OH excluding ortho intramolecular Hbond substituents is 1. The van der Waals surface area contributed by atoms with E-state index in [0.717, 1.165) is 74.2 Å². The maximum Gasteiger partial charge on any atom is 0.411 e. The number of hydrogen-bond donors (Lipinski definition) is 5. The predicted octanol–water partition coefficient (Wildman–Crippen LogP) is 6.04. The van der Waals surface area contributed by atoms with Crippen molar-refractivity contribution in [1.82, 2.24) is 20.1 Å². The summed E-state index contributed by atoms with van der Waals surface area (Å²) in [6, 6.07) is 31.5. The van der Waals surface area contributed by atoms with Crippen LogP contribution in [0.15, 0.2) is 108 Å². The molecule has 4 aromatic carbocycles. The summed E-state index contributed by atoms with van der Waals surface area (Å²) in [5.74, 6) is -0.0164. The number of anilines is 1. The first-order valence-corrected chi connectivity index (χ1v) is 18.3. The van der Waals surface area contributed by atoms with E-state index in [1.54, 1.807) is 12.1 Å². The molecule has 0 aliphatic carbocycles. The van der Waals surface area contributed by atoms with Crippen LogP contribution in [0.4, 0.5) is 10.5 Å². The van der Waals surface area contributed by atoms with E-state index in [-0.39, 0.29) is 35.9 Å². The molecule has 5 aromatic rings. The van der Waals surface area contributed by atoms with Crippen LogP contribution in [-0.4, -0.2) is 81.9 Å². The molecule has 11 heteroatoms. The number of phenols is 1. The molecule has 0 spiro atoms. The summed E-state index contributed by atoms with van der Waals surface area (Å²) in [4.78, 5) is 45.2. The number of aromatic amines is 1. The lowest BCUT2D eigenvalue weighted by molar-refractivity contribution is 0.0467. The zero-order valence-corrected chi connectivity index (χ0v) is 29.5. The summed E-state index contributed by atoms with van der Waals surface area (Å²) in [6.07, 6.45) is 1.96. The molecule has 5 N–H and O–H groups in total. The number of pyridine rings is 1. The maximum absolute atomic E-state index is 13.6. The summed E-state index contributed by atoms with van der Waals surface area (Å²) in [5, 5.41) is 27.8. The smallest absolute Gasteiger partial charge is 0.411 e. The van der Waals surface area contributed by atoms with E-state index in [9.17, 15) is 24.6 Å². The molecule has 3 heterocycles. The Balaban J connectivity index is 0.861. The molecular formula is C42H45N5O6. The van der Waals surface area contributed by atoms with Gasteiger partial charge in [-0.1, -0.05) is 66.7 Å². The van der Waals surface area contributed by atoms with Crippen molar-refractivity contribution in [2.45, 2.75) is 50.5 Å². The van der Waals surface area contributed by atoms with E-state index in [2.05, 4.69) is 20.5 Å². The van der Waals surface area contributed by atoms with Crippen LogP contribution in [0, 0.1) is 0 Å². The number of nitrogens with zero attached hydrogens (tertiary/aromatic N) is 2. The number of likely N-dealkylation sites (tertiary alicyclic amines) is 2. The zero-order chi connectivity index (χ0) is 36.7. The van der Waals surface area contributed by atoms with Crippen molar-refractivity contribution >= 4 is 28.6 Å². The van der Waals surface area contributed by atoms with Gasteiger partial charge in [-0.15, -0.1) is 0 Å². The number of aliphatic hydroxyl groups is 1. The number of aliphatic hydroxyl groups excluding tert-OH is 1. The van der Waals surface area contributed by atoms with Crippen LogP contribution in [0.25, 0.3) is 22.0 Å². The Bertz CT molecular complexity index is 2100. The predicted molar refractivity (Wildman–Crippen MR) is 205 cm³/mol. The first-order valence-electron chi connectivity index (χ1n) is 18.3. The van der Waals surface area contributed by atoms with Crippen LogP contribution in [-0.2, 0) is 11.3 Å². The van der Waals surface area contributed by atoms with Gasteiger partial charge in [0, 0.05) is 67.9 Å². The zero-order valence-electron chi connectivity index (χ0n) is 29.5. The van der Waals surface area contributed by atoms with Crippen molar-refractivity contribution < 1.29 is 24.5 Å². The summed E-state index contributed by atoms with van der Waals surface area (Å²) in [5.41, 5.74) is 4.89. The molecule has 2 saturated heterocycles. The molecule has 0 radical (unpaired) electrons. The molecule has 11 nitrogen and oxygen atoms in total. The van der Waals surface area contributed by atoms with E-state index in [1.807, 2.05) is 83.8 Å². The fraction of sp³-hybridized carbons (Fsp3) is 0.310. The third-order valence-electron chi connectivity index (χ3n) is 10.3. The molecule has 1 aromatic heterocycles. The van der Waals surface area contributed by atoms with Crippen molar-refractivity contribution in [2.75, 3.05) is 38.0 Å². The third kappa shape index (κ3) is 8.60. The van der Waals surface area contributed by atoms with Crippen LogP contribution >= 0.6 is 0 Å². The highest BCUT2D eigenvalue weighted by molar-refractivity contribution is 5.95. The van der Waals surface area contributed by atoms with E-state index >= 15 is 0 Å². The molecule has 2 unspecified atom stereocenters. The maximum atomic E-state index is 13.6.